The predicted molar refractivity (Wildman–Crippen MR) is 68.8 cm³/mol. The number of rotatable bonds is 5. The normalized spacial score (nSPS) is 19.1. The lowest BCUT2D eigenvalue weighted by Crippen LogP contribution is -2.30. The van der Waals surface area contributed by atoms with Gasteiger partial charge in [-0.25, -0.2) is 4.39 Å². The summed E-state index contributed by atoms with van der Waals surface area (Å²) < 4.78 is 18.6. The molecule has 1 fully saturated rings. The van der Waals surface area contributed by atoms with Crippen molar-refractivity contribution in [3.63, 3.8) is 0 Å². The van der Waals surface area contributed by atoms with Gasteiger partial charge in [0.05, 0.1) is 23.7 Å². The zero-order valence-corrected chi connectivity index (χ0v) is 10.6. The second-order valence-corrected chi connectivity index (χ2v) is 4.75. The number of halogens is 1. The summed E-state index contributed by atoms with van der Waals surface area (Å²) in [6, 6.07) is 3.31. The van der Waals surface area contributed by atoms with Crippen LogP contribution in [0, 0.1) is 21.8 Å². The SMILES string of the molecule is O=[N+]([O-])c1cc(F)cc(OCCC2CCCNC2)c1. The van der Waals surface area contributed by atoms with Crippen molar-refractivity contribution in [1.29, 1.82) is 0 Å². The fraction of sp³-hybridized carbons (Fsp3) is 0.538. The molecule has 1 aromatic carbocycles. The van der Waals surface area contributed by atoms with Gasteiger partial charge in [-0.15, -0.1) is 0 Å². The molecule has 1 aliphatic rings. The van der Waals surface area contributed by atoms with Crippen LogP contribution in [0.2, 0.25) is 0 Å². The van der Waals surface area contributed by atoms with Crippen molar-refractivity contribution in [3.8, 4) is 5.75 Å². The minimum atomic E-state index is -0.650. The molecule has 0 aliphatic carbocycles. The molecule has 6 heteroatoms. The Morgan fingerprint density at radius 3 is 3.00 bits per heavy atom. The van der Waals surface area contributed by atoms with Gasteiger partial charge in [-0.2, -0.15) is 0 Å². The number of hydrogen-bond donors (Lipinski definition) is 1. The summed E-state index contributed by atoms with van der Waals surface area (Å²) in [5, 5.41) is 13.9. The summed E-state index contributed by atoms with van der Waals surface area (Å²) >= 11 is 0. The summed E-state index contributed by atoms with van der Waals surface area (Å²) in [6.45, 7) is 2.49. The van der Waals surface area contributed by atoms with Gasteiger partial charge in [0.1, 0.15) is 11.6 Å². The van der Waals surface area contributed by atoms with Gasteiger partial charge in [0.15, 0.2) is 0 Å². The summed E-state index contributed by atoms with van der Waals surface area (Å²) in [6.07, 6.45) is 3.20. The van der Waals surface area contributed by atoms with E-state index in [0.29, 0.717) is 12.5 Å². The number of piperidine rings is 1. The lowest BCUT2D eigenvalue weighted by Gasteiger charge is -2.22. The lowest BCUT2D eigenvalue weighted by molar-refractivity contribution is -0.385. The molecule has 0 spiro atoms. The van der Waals surface area contributed by atoms with Crippen LogP contribution in [0.15, 0.2) is 18.2 Å². The first kappa shape index (κ1) is 13.7. The van der Waals surface area contributed by atoms with E-state index in [1.54, 1.807) is 0 Å². The minimum absolute atomic E-state index is 0.218. The monoisotopic (exact) mass is 268 g/mol. The number of non-ortho nitro benzene ring substituents is 1. The molecule has 19 heavy (non-hydrogen) atoms. The van der Waals surface area contributed by atoms with Gasteiger partial charge in [-0.3, -0.25) is 10.1 Å². The van der Waals surface area contributed by atoms with E-state index in [9.17, 15) is 14.5 Å². The Kier molecular flexibility index (Phi) is 4.68. The predicted octanol–water partition coefficient (Wildman–Crippen LogP) is 2.50. The molecular weight excluding hydrogens is 251 g/mol. The van der Waals surface area contributed by atoms with E-state index in [2.05, 4.69) is 5.32 Å². The van der Waals surface area contributed by atoms with Crippen molar-refractivity contribution >= 4 is 5.69 Å². The standard InChI is InChI=1S/C13H17FN2O3/c14-11-6-12(16(17)18)8-13(7-11)19-5-3-10-2-1-4-15-9-10/h6-8,10,15H,1-5,9H2. The van der Waals surface area contributed by atoms with Crippen molar-refractivity contribution in [2.75, 3.05) is 19.7 Å². The molecule has 1 saturated heterocycles. The smallest absolute Gasteiger partial charge is 0.276 e. The number of benzene rings is 1. The third-order valence-electron chi connectivity index (χ3n) is 3.26. The zero-order chi connectivity index (χ0) is 13.7. The molecule has 1 unspecified atom stereocenters. The second-order valence-electron chi connectivity index (χ2n) is 4.75. The topological polar surface area (TPSA) is 64.4 Å². The van der Waals surface area contributed by atoms with E-state index in [-0.39, 0.29) is 11.4 Å². The van der Waals surface area contributed by atoms with E-state index in [1.165, 1.54) is 18.6 Å². The number of hydrogen-bond acceptors (Lipinski definition) is 4. The van der Waals surface area contributed by atoms with Gasteiger partial charge in [0.25, 0.3) is 5.69 Å². The summed E-state index contributed by atoms with van der Waals surface area (Å²) in [7, 11) is 0. The highest BCUT2D eigenvalue weighted by Crippen LogP contribution is 2.22. The fourth-order valence-corrected chi connectivity index (χ4v) is 2.25. The average Bonchev–Trinajstić information content (AvgIpc) is 2.39. The van der Waals surface area contributed by atoms with Gasteiger partial charge in [0, 0.05) is 6.07 Å². The molecule has 1 N–H and O–H groups in total. The number of nitro groups is 1. The second kappa shape index (κ2) is 6.47. The third-order valence-corrected chi connectivity index (χ3v) is 3.26. The first-order valence-electron chi connectivity index (χ1n) is 6.43. The molecule has 5 nitrogen and oxygen atoms in total. The minimum Gasteiger partial charge on any atom is -0.493 e. The number of nitro benzene ring substituents is 1. The van der Waals surface area contributed by atoms with Crippen molar-refractivity contribution < 1.29 is 14.1 Å². The zero-order valence-electron chi connectivity index (χ0n) is 10.6. The van der Waals surface area contributed by atoms with E-state index in [4.69, 9.17) is 4.74 Å². The largest absolute Gasteiger partial charge is 0.493 e. The Bertz CT molecular complexity index is 448. The molecule has 2 rings (SSSR count). The van der Waals surface area contributed by atoms with Crippen LogP contribution < -0.4 is 10.1 Å². The highest BCUT2D eigenvalue weighted by molar-refractivity contribution is 5.38. The molecule has 1 atom stereocenters. The number of nitrogens with zero attached hydrogens (tertiary/aromatic N) is 1. The van der Waals surface area contributed by atoms with Gasteiger partial charge in [-0.05, 0) is 38.3 Å². The van der Waals surface area contributed by atoms with Crippen LogP contribution in [-0.4, -0.2) is 24.6 Å². The van der Waals surface area contributed by atoms with Gasteiger partial charge in [0.2, 0.25) is 0 Å². The fourth-order valence-electron chi connectivity index (χ4n) is 2.25. The molecule has 104 valence electrons. The van der Waals surface area contributed by atoms with Crippen molar-refractivity contribution in [3.05, 3.63) is 34.1 Å². The van der Waals surface area contributed by atoms with Gasteiger partial charge in [-0.1, -0.05) is 0 Å². The third kappa shape index (κ3) is 4.17. The van der Waals surface area contributed by atoms with E-state index in [0.717, 1.165) is 32.0 Å². The quantitative estimate of drug-likeness (QED) is 0.658. The molecule has 1 heterocycles. The van der Waals surface area contributed by atoms with Crippen molar-refractivity contribution in [2.45, 2.75) is 19.3 Å². The van der Waals surface area contributed by atoms with Crippen LogP contribution in [0.1, 0.15) is 19.3 Å². The van der Waals surface area contributed by atoms with Crippen LogP contribution in [0.3, 0.4) is 0 Å². The summed E-state index contributed by atoms with van der Waals surface area (Å²) in [5.41, 5.74) is -0.283. The van der Waals surface area contributed by atoms with Crippen LogP contribution >= 0.6 is 0 Å². The van der Waals surface area contributed by atoms with Crippen LogP contribution in [-0.2, 0) is 0 Å². The van der Waals surface area contributed by atoms with Gasteiger partial charge >= 0.3 is 0 Å². The summed E-state index contributed by atoms with van der Waals surface area (Å²) in [4.78, 5) is 9.98. The molecule has 0 amide bonds. The molecule has 1 aliphatic heterocycles. The van der Waals surface area contributed by atoms with Crippen LogP contribution in [0.4, 0.5) is 10.1 Å². The molecule has 0 bridgehead atoms. The Morgan fingerprint density at radius 1 is 1.47 bits per heavy atom. The maximum absolute atomic E-state index is 13.2. The lowest BCUT2D eigenvalue weighted by atomic mass is 9.97. The highest BCUT2D eigenvalue weighted by Gasteiger charge is 2.14. The maximum atomic E-state index is 13.2. The van der Waals surface area contributed by atoms with E-state index in [1.807, 2.05) is 0 Å². The Morgan fingerprint density at radius 2 is 2.32 bits per heavy atom. The summed E-state index contributed by atoms with van der Waals surface area (Å²) in [5.74, 6) is 0.135. The van der Waals surface area contributed by atoms with Crippen molar-refractivity contribution in [2.24, 2.45) is 5.92 Å². The molecule has 0 saturated carbocycles. The van der Waals surface area contributed by atoms with E-state index >= 15 is 0 Å². The Balaban J connectivity index is 1.86. The Labute approximate surface area is 110 Å². The molecule has 0 aromatic heterocycles. The van der Waals surface area contributed by atoms with Crippen LogP contribution in [0.25, 0.3) is 0 Å². The van der Waals surface area contributed by atoms with Crippen LogP contribution in [0.5, 0.6) is 5.75 Å². The number of ether oxygens (including phenoxy) is 1. The average molecular weight is 268 g/mol. The molecular formula is C13H17FN2O3. The first-order valence-corrected chi connectivity index (χ1v) is 6.43. The first-order chi connectivity index (χ1) is 9.15. The van der Waals surface area contributed by atoms with Crippen molar-refractivity contribution in [1.82, 2.24) is 5.32 Å². The number of nitrogens with one attached hydrogen (secondary N) is 1. The molecule has 1 aromatic rings. The highest BCUT2D eigenvalue weighted by atomic mass is 19.1. The maximum Gasteiger partial charge on any atom is 0.276 e. The Hall–Kier alpha value is -1.69. The van der Waals surface area contributed by atoms with E-state index < -0.39 is 10.7 Å². The molecule has 0 radical (unpaired) electrons. The van der Waals surface area contributed by atoms with Gasteiger partial charge < -0.3 is 10.1 Å².